The topological polar surface area (TPSA) is 64.8 Å². The molecule has 1 aliphatic rings. The number of ether oxygens (including phenoxy) is 2. The largest absolute Gasteiger partial charge is 0.493 e. The second-order valence-corrected chi connectivity index (χ2v) is 8.64. The molecule has 1 saturated heterocycles. The third-order valence-electron chi connectivity index (χ3n) is 5.81. The van der Waals surface area contributed by atoms with E-state index >= 15 is 0 Å². The van der Waals surface area contributed by atoms with Crippen molar-refractivity contribution in [2.24, 2.45) is 0 Å². The Hall–Kier alpha value is -2.94. The lowest BCUT2D eigenvalue weighted by molar-refractivity contribution is -0.153. The molecule has 0 radical (unpaired) electrons. The van der Waals surface area contributed by atoms with Crippen molar-refractivity contribution in [2.75, 3.05) is 26.8 Å². The van der Waals surface area contributed by atoms with Gasteiger partial charge < -0.3 is 18.8 Å². The fraction of sp³-hybridized carbons (Fsp3) is 0.417. The third kappa shape index (κ3) is 5.94. The van der Waals surface area contributed by atoms with Gasteiger partial charge in [-0.25, -0.2) is 4.98 Å². The van der Waals surface area contributed by atoms with Gasteiger partial charge in [-0.3, -0.25) is 4.79 Å². The normalized spacial score (nSPS) is 15.0. The smallest absolute Gasteiger partial charge is 0.422 e. The van der Waals surface area contributed by atoms with Crippen LogP contribution in [-0.4, -0.2) is 48.8 Å². The molecule has 0 atom stereocenters. The van der Waals surface area contributed by atoms with E-state index in [1.165, 1.54) is 13.2 Å². The van der Waals surface area contributed by atoms with Crippen LogP contribution >= 0.6 is 11.6 Å². The molecule has 2 aromatic carbocycles. The molecule has 4 rings (SSSR count). The van der Waals surface area contributed by atoms with Crippen LogP contribution in [0.1, 0.15) is 36.6 Å². The van der Waals surface area contributed by atoms with E-state index < -0.39 is 12.8 Å². The van der Waals surface area contributed by atoms with E-state index in [9.17, 15) is 18.0 Å². The van der Waals surface area contributed by atoms with Crippen molar-refractivity contribution in [1.29, 1.82) is 0 Å². The van der Waals surface area contributed by atoms with Crippen molar-refractivity contribution in [1.82, 2.24) is 9.88 Å². The minimum absolute atomic E-state index is 0.0124. The Bertz CT molecular complexity index is 1160. The molecule has 1 aliphatic heterocycles. The van der Waals surface area contributed by atoms with Crippen LogP contribution in [-0.2, 0) is 11.2 Å². The number of fused-ring (bicyclic) bond motifs is 1. The standard InChI is InChI=1S/C24H24ClF3N2O4/c1-32-21-12-15(2-5-20(21)33-14-24(26,27)28)3-7-22(31)30-10-8-16(9-11-30)23-29-18-13-17(25)4-6-19(18)34-23/h2,4-6,12-13,16H,3,7-11,14H2,1H3. The van der Waals surface area contributed by atoms with Gasteiger partial charge in [0.05, 0.1) is 7.11 Å². The average molecular weight is 497 g/mol. The maximum absolute atomic E-state index is 12.7. The SMILES string of the molecule is COc1cc(CCC(=O)N2CCC(c3nc4cc(Cl)ccc4o3)CC2)ccc1OCC(F)(F)F. The predicted molar refractivity (Wildman–Crippen MR) is 120 cm³/mol. The number of aryl methyl sites for hydroxylation is 1. The number of benzene rings is 2. The van der Waals surface area contributed by atoms with Gasteiger partial charge >= 0.3 is 6.18 Å². The van der Waals surface area contributed by atoms with E-state index in [1.54, 1.807) is 30.3 Å². The minimum atomic E-state index is -4.43. The van der Waals surface area contributed by atoms with Gasteiger partial charge in [-0.2, -0.15) is 13.2 Å². The molecule has 3 aromatic rings. The van der Waals surface area contributed by atoms with Crippen molar-refractivity contribution in [3.8, 4) is 11.5 Å². The highest BCUT2D eigenvalue weighted by Gasteiger charge is 2.29. The summed E-state index contributed by atoms with van der Waals surface area (Å²) in [5.74, 6) is 1.06. The van der Waals surface area contributed by atoms with Gasteiger partial charge in [0, 0.05) is 30.5 Å². The van der Waals surface area contributed by atoms with Gasteiger partial charge in [-0.05, 0) is 55.2 Å². The fourth-order valence-electron chi connectivity index (χ4n) is 4.02. The second kappa shape index (κ2) is 10.1. The molecule has 1 fully saturated rings. The number of methoxy groups -OCH3 is 1. The molecule has 0 unspecified atom stereocenters. The highest BCUT2D eigenvalue weighted by molar-refractivity contribution is 6.31. The summed E-state index contributed by atoms with van der Waals surface area (Å²) in [6.45, 7) is -0.179. The zero-order chi connectivity index (χ0) is 24.3. The number of amides is 1. The average Bonchev–Trinajstić information content (AvgIpc) is 3.24. The van der Waals surface area contributed by atoms with E-state index in [4.69, 9.17) is 25.5 Å². The molecule has 1 amide bonds. The number of likely N-dealkylation sites (tertiary alicyclic amines) is 1. The summed E-state index contributed by atoms with van der Waals surface area (Å²) in [6.07, 6.45) is -2.19. The zero-order valence-corrected chi connectivity index (χ0v) is 19.3. The van der Waals surface area contributed by atoms with Crippen LogP contribution in [0.2, 0.25) is 5.02 Å². The Morgan fingerprint density at radius 1 is 1.18 bits per heavy atom. The Morgan fingerprint density at radius 3 is 2.65 bits per heavy atom. The predicted octanol–water partition coefficient (Wildman–Crippen LogP) is 5.77. The number of oxazole rings is 1. The minimum Gasteiger partial charge on any atom is -0.493 e. The first-order valence-electron chi connectivity index (χ1n) is 10.9. The lowest BCUT2D eigenvalue weighted by Gasteiger charge is -2.30. The highest BCUT2D eigenvalue weighted by atomic mass is 35.5. The maximum Gasteiger partial charge on any atom is 0.422 e. The fourth-order valence-corrected chi connectivity index (χ4v) is 4.19. The Labute approximate surface area is 199 Å². The number of aromatic nitrogens is 1. The van der Waals surface area contributed by atoms with Crippen LogP contribution in [0.25, 0.3) is 11.1 Å². The molecule has 182 valence electrons. The molecular weight excluding hydrogens is 473 g/mol. The summed E-state index contributed by atoms with van der Waals surface area (Å²) in [5, 5.41) is 0.605. The molecule has 0 bridgehead atoms. The van der Waals surface area contributed by atoms with Crippen LogP contribution in [0.4, 0.5) is 13.2 Å². The number of hydrogen-bond acceptors (Lipinski definition) is 5. The molecule has 2 heterocycles. The third-order valence-corrected chi connectivity index (χ3v) is 6.05. The summed E-state index contributed by atoms with van der Waals surface area (Å²) in [4.78, 5) is 19.1. The number of halogens is 4. The van der Waals surface area contributed by atoms with Crippen LogP contribution < -0.4 is 9.47 Å². The van der Waals surface area contributed by atoms with Gasteiger partial charge in [-0.15, -0.1) is 0 Å². The van der Waals surface area contributed by atoms with Crippen LogP contribution in [0, 0.1) is 0 Å². The van der Waals surface area contributed by atoms with Gasteiger partial charge in [0.15, 0.2) is 29.6 Å². The van der Waals surface area contributed by atoms with E-state index in [0.717, 1.165) is 23.9 Å². The molecule has 1 aromatic heterocycles. The molecule has 0 N–H and O–H groups in total. The van der Waals surface area contributed by atoms with Crippen LogP contribution in [0.15, 0.2) is 40.8 Å². The quantitative estimate of drug-likeness (QED) is 0.415. The van der Waals surface area contributed by atoms with Crippen molar-refractivity contribution < 1.29 is 31.9 Å². The summed E-state index contributed by atoms with van der Waals surface area (Å²) in [7, 11) is 1.36. The molecule has 0 saturated carbocycles. The van der Waals surface area contributed by atoms with Crippen molar-refractivity contribution in [3.05, 3.63) is 52.9 Å². The van der Waals surface area contributed by atoms with Crippen molar-refractivity contribution in [3.63, 3.8) is 0 Å². The summed E-state index contributed by atoms with van der Waals surface area (Å²) in [6, 6.07) is 10.0. The first-order valence-corrected chi connectivity index (χ1v) is 11.3. The highest BCUT2D eigenvalue weighted by Crippen LogP contribution is 2.32. The molecule has 0 aliphatic carbocycles. The van der Waals surface area contributed by atoms with Crippen LogP contribution in [0.5, 0.6) is 11.5 Å². The molecule has 34 heavy (non-hydrogen) atoms. The molecular formula is C24H24ClF3N2O4. The molecule has 0 spiro atoms. The lowest BCUT2D eigenvalue weighted by atomic mass is 9.96. The van der Waals surface area contributed by atoms with Crippen molar-refractivity contribution >= 4 is 28.6 Å². The first kappa shape index (κ1) is 24.2. The van der Waals surface area contributed by atoms with Gasteiger partial charge in [0.2, 0.25) is 5.91 Å². The van der Waals surface area contributed by atoms with E-state index in [1.807, 2.05) is 4.90 Å². The van der Waals surface area contributed by atoms with E-state index in [2.05, 4.69) is 4.98 Å². The molecule has 6 nitrogen and oxygen atoms in total. The Morgan fingerprint density at radius 2 is 1.94 bits per heavy atom. The Kier molecular flexibility index (Phi) is 7.21. The number of carbonyl (C=O) groups is 1. The number of rotatable bonds is 7. The van der Waals surface area contributed by atoms with Gasteiger partial charge in [0.1, 0.15) is 5.52 Å². The van der Waals surface area contributed by atoms with E-state index in [-0.39, 0.29) is 29.7 Å². The Balaban J connectivity index is 1.29. The summed E-state index contributed by atoms with van der Waals surface area (Å²) >= 11 is 6.02. The monoisotopic (exact) mass is 496 g/mol. The number of piperidine rings is 1. The number of alkyl halides is 3. The maximum atomic E-state index is 12.7. The number of nitrogens with zero attached hydrogens (tertiary/aromatic N) is 2. The molecule has 10 heteroatoms. The van der Waals surface area contributed by atoms with Crippen molar-refractivity contribution in [2.45, 2.75) is 37.8 Å². The second-order valence-electron chi connectivity index (χ2n) is 8.21. The summed E-state index contributed by atoms with van der Waals surface area (Å²) in [5.41, 5.74) is 2.21. The van der Waals surface area contributed by atoms with Crippen LogP contribution in [0.3, 0.4) is 0 Å². The number of hydrogen-bond donors (Lipinski definition) is 0. The zero-order valence-electron chi connectivity index (χ0n) is 18.5. The lowest BCUT2D eigenvalue weighted by Crippen LogP contribution is -2.38. The summed E-state index contributed by atoms with van der Waals surface area (Å²) < 4.78 is 53.0. The van der Waals surface area contributed by atoms with Gasteiger partial charge in [0.25, 0.3) is 0 Å². The van der Waals surface area contributed by atoms with Gasteiger partial charge in [-0.1, -0.05) is 17.7 Å². The number of carbonyl (C=O) groups excluding carboxylic acids is 1. The first-order chi connectivity index (χ1) is 16.2. The van der Waals surface area contributed by atoms with E-state index in [0.29, 0.717) is 36.0 Å².